The van der Waals surface area contributed by atoms with Crippen LogP contribution >= 0.6 is 0 Å². The number of benzene rings is 3. The van der Waals surface area contributed by atoms with Gasteiger partial charge in [0.25, 0.3) is 0 Å². The first-order valence-electron chi connectivity index (χ1n) is 6.99. The minimum atomic E-state index is -3.91. The van der Waals surface area contributed by atoms with Gasteiger partial charge < -0.3 is 4.18 Å². The molecule has 0 aliphatic carbocycles. The van der Waals surface area contributed by atoms with Crippen LogP contribution in [0.3, 0.4) is 0 Å². The number of rotatable bonds is 4. The predicted octanol–water partition coefficient (Wildman–Crippen LogP) is 3.73. The van der Waals surface area contributed by atoms with E-state index in [0.29, 0.717) is 10.9 Å². The average Bonchev–Trinajstić information content (AvgIpc) is 2.54. The zero-order valence-electron chi connectivity index (χ0n) is 12.4. The molecule has 0 bridgehead atoms. The number of aldehydes is 1. The van der Waals surface area contributed by atoms with Crippen molar-refractivity contribution < 1.29 is 17.4 Å². The maximum atomic E-state index is 12.3. The first kappa shape index (κ1) is 15.2. The second-order valence-electron chi connectivity index (χ2n) is 5.20. The molecule has 5 heteroatoms. The molecule has 0 spiro atoms. The Bertz CT molecular complexity index is 974. The topological polar surface area (TPSA) is 60.4 Å². The van der Waals surface area contributed by atoms with E-state index in [1.54, 1.807) is 42.5 Å². The Kier molecular flexibility index (Phi) is 3.88. The Morgan fingerprint density at radius 3 is 2.39 bits per heavy atom. The molecule has 0 N–H and O–H groups in total. The molecule has 3 aromatic rings. The number of carbonyl (C=O) groups excluding carboxylic acids is 1. The molecule has 0 heterocycles. The van der Waals surface area contributed by atoms with Crippen molar-refractivity contribution in [2.24, 2.45) is 0 Å². The van der Waals surface area contributed by atoms with Crippen LogP contribution < -0.4 is 4.18 Å². The van der Waals surface area contributed by atoms with Gasteiger partial charge in [0.1, 0.15) is 10.6 Å². The van der Waals surface area contributed by atoms with Crippen LogP contribution in [0.5, 0.6) is 5.75 Å². The summed E-state index contributed by atoms with van der Waals surface area (Å²) in [4.78, 5) is 11.2. The number of hydrogen-bond donors (Lipinski definition) is 0. The van der Waals surface area contributed by atoms with E-state index >= 15 is 0 Å². The van der Waals surface area contributed by atoms with E-state index in [1.807, 2.05) is 13.0 Å². The quantitative estimate of drug-likeness (QED) is 0.541. The fourth-order valence-corrected chi connectivity index (χ4v) is 3.23. The smallest absolute Gasteiger partial charge is 0.339 e. The molecule has 0 fully saturated rings. The predicted molar refractivity (Wildman–Crippen MR) is 88.3 cm³/mol. The highest BCUT2D eigenvalue weighted by molar-refractivity contribution is 7.87. The lowest BCUT2D eigenvalue weighted by Crippen LogP contribution is -2.09. The molecule has 0 atom stereocenters. The van der Waals surface area contributed by atoms with Crippen molar-refractivity contribution in [2.75, 3.05) is 0 Å². The summed E-state index contributed by atoms with van der Waals surface area (Å²) in [6.07, 6.45) is 0.737. The molecule has 0 radical (unpaired) electrons. The molecule has 4 nitrogen and oxygen atoms in total. The first-order valence-corrected chi connectivity index (χ1v) is 8.39. The van der Waals surface area contributed by atoms with Crippen LogP contribution in [-0.2, 0) is 10.1 Å². The highest BCUT2D eigenvalue weighted by Gasteiger charge is 2.16. The number of fused-ring (bicyclic) bond motifs is 1. The van der Waals surface area contributed by atoms with Crippen LogP contribution in [0, 0.1) is 6.92 Å². The lowest BCUT2D eigenvalue weighted by Gasteiger charge is -2.09. The van der Waals surface area contributed by atoms with Gasteiger partial charge in [-0.15, -0.1) is 0 Å². The van der Waals surface area contributed by atoms with Crippen LogP contribution in [0.1, 0.15) is 15.9 Å². The van der Waals surface area contributed by atoms with E-state index < -0.39 is 10.1 Å². The Morgan fingerprint density at radius 2 is 1.70 bits per heavy atom. The van der Waals surface area contributed by atoms with E-state index in [-0.39, 0.29) is 10.6 Å². The molecule has 3 aromatic carbocycles. The minimum Gasteiger partial charge on any atom is -0.379 e. The first-order chi connectivity index (χ1) is 11.0. The van der Waals surface area contributed by atoms with Gasteiger partial charge in [-0.2, -0.15) is 8.42 Å². The Labute approximate surface area is 134 Å². The zero-order chi connectivity index (χ0) is 16.4. The van der Waals surface area contributed by atoms with Crippen molar-refractivity contribution in [3.63, 3.8) is 0 Å². The van der Waals surface area contributed by atoms with E-state index in [2.05, 4.69) is 0 Å². The van der Waals surface area contributed by atoms with Gasteiger partial charge >= 0.3 is 10.1 Å². The second kappa shape index (κ2) is 5.85. The maximum Gasteiger partial charge on any atom is 0.339 e. The van der Waals surface area contributed by atoms with Gasteiger partial charge in [0.05, 0.1) is 0 Å². The summed E-state index contributed by atoms with van der Waals surface area (Å²) in [6.45, 7) is 1.88. The number of aryl methyl sites for hydroxylation is 1. The van der Waals surface area contributed by atoms with Crippen LogP contribution in [0.25, 0.3) is 10.8 Å². The van der Waals surface area contributed by atoms with Crippen molar-refractivity contribution >= 4 is 27.2 Å². The van der Waals surface area contributed by atoms with E-state index in [1.165, 1.54) is 12.1 Å². The summed E-state index contributed by atoms with van der Waals surface area (Å²) < 4.78 is 29.8. The summed E-state index contributed by atoms with van der Waals surface area (Å²) >= 11 is 0. The Balaban J connectivity index is 2.00. The number of carbonyl (C=O) groups is 1. The highest BCUT2D eigenvalue weighted by Crippen LogP contribution is 2.26. The lowest BCUT2D eigenvalue weighted by atomic mass is 10.1. The van der Waals surface area contributed by atoms with Crippen LogP contribution in [-0.4, -0.2) is 14.7 Å². The third-order valence-electron chi connectivity index (χ3n) is 3.53. The molecule has 0 aliphatic heterocycles. The van der Waals surface area contributed by atoms with Crippen molar-refractivity contribution in [1.29, 1.82) is 0 Å². The molecular weight excluding hydrogens is 312 g/mol. The summed E-state index contributed by atoms with van der Waals surface area (Å²) in [5, 5.41) is 1.49. The third-order valence-corrected chi connectivity index (χ3v) is 4.79. The van der Waals surface area contributed by atoms with Gasteiger partial charge in [-0.1, -0.05) is 42.0 Å². The summed E-state index contributed by atoms with van der Waals surface area (Å²) in [5.74, 6) is 0.173. The molecule has 0 aliphatic rings. The molecule has 0 saturated heterocycles. The summed E-state index contributed by atoms with van der Waals surface area (Å²) in [6, 6.07) is 16.6. The van der Waals surface area contributed by atoms with Gasteiger partial charge in [0.2, 0.25) is 0 Å². The van der Waals surface area contributed by atoms with Crippen LogP contribution in [0.2, 0.25) is 0 Å². The molecule has 0 saturated carbocycles. The van der Waals surface area contributed by atoms with Crippen molar-refractivity contribution in [1.82, 2.24) is 0 Å². The summed E-state index contributed by atoms with van der Waals surface area (Å²) in [5.41, 5.74) is 1.45. The van der Waals surface area contributed by atoms with E-state index in [9.17, 15) is 13.2 Å². The number of hydrogen-bond acceptors (Lipinski definition) is 4. The minimum absolute atomic E-state index is 0.0897. The molecule has 0 unspecified atom stereocenters. The molecular formula is C18H14O4S. The normalized spacial score (nSPS) is 11.3. The van der Waals surface area contributed by atoms with Crippen molar-refractivity contribution in [3.8, 4) is 5.75 Å². The Morgan fingerprint density at radius 1 is 0.957 bits per heavy atom. The molecule has 23 heavy (non-hydrogen) atoms. The SMILES string of the molecule is Cc1ccc(S(=O)(=O)Oc2ccc3cccc(C=O)c3c2)cc1. The van der Waals surface area contributed by atoms with Gasteiger partial charge in [-0.05, 0) is 42.0 Å². The highest BCUT2D eigenvalue weighted by atomic mass is 32.2. The molecule has 0 amide bonds. The van der Waals surface area contributed by atoms with E-state index in [0.717, 1.165) is 17.2 Å². The van der Waals surface area contributed by atoms with E-state index in [4.69, 9.17) is 4.18 Å². The van der Waals surface area contributed by atoms with Crippen molar-refractivity contribution in [3.05, 3.63) is 71.8 Å². The standard InChI is InChI=1S/C18H14O4S/c1-13-5-9-17(10-6-13)23(20,21)22-16-8-7-14-3-2-4-15(12-19)18(14)11-16/h2-12H,1H3. The molecule has 116 valence electrons. The maximum absolute atomic E-state index is 12.3. The van der Waals surface area contributed by atoms with Gasteiger partial charge in [0.15, 0.2) is 6.29 Å². The zero-order valence-corrected chi connectivity index (χ0v) is 13.2. The molecule has 3 rings (SSSR count). The van der Waals surface area contributed by atoms with Crippen molar-refractivity contribution in [2.45, 2.75) is 11.8 Å². The fourth-order valence-electron chi connectivity index (χ4n) is 2.31. The van der Waals surface area contributed by atoms with Gasteiger partial charge in [-0.3, -0.25) is 4.79 Å². The summed E-state index contributed by atoms with van der Waals surface area (Å²) in [7, 11) is -3.91. The largest absolute Gasteiger partial charge is 0.379 e. The molecule has 0 aromatic heterocycles. The van der Waals surface area contributed by atoms with Crippen LogP contribution in [0.15, 0.2) is 65.6 Å². The Hall–Kier alpha value is -2.66. The third kappa shape index (κ3) is 3.10. The van der Waals surface area contributed by atoms with Gasteiger partial charge in [0, 0.05) is 5.56 Å². The fraction of sp³-hybridized carbons (Fsp3) is 0.0556. The average molecular weight is 326 g/mol. The second-order valence-corrected chi connectivity index (χ2v) is 6.74. The van der Waals surface area contributed by atoms with Crippen LogP contribution in [0.4, 0.5) is 0 Å². The monoisotopic (exact) mass is 326 g/mol. The lowest BCUT2D eigenvalue weighted by molar-refractivity contribution is 0.112. The van der Waals surface area contributed by atoms with Gasteiger partial charge in [-0.25, -0.2) is 0 Å².